The first-order valence-electron chi connectivity index (χ1n) is 8.62. The molecule has 0 spiro atoms. The number of carbonyl (C=O) groups is 1. The number of pyridine rings is 1. The first-order valence-corrected chi connectivity index (χ1v) is 9.61. The van der Waals surface area contributed by atoms with E-state index >= 15 is 0 Å². The number of aromatic nitrogens is 4. The zero-order valence-corrected chi connectivity index (χ0v) is 15.0. The van der Waals surface area contributed by atoms with E-state index in [1.165, 1.54) is 22.9 Å². The number of aromatic amines is 1. The molecule has 0 aliphatic heterocycles. The number of hydrogen-bond donors (Lipinski definition) is 2. The predicted molar refractivity (Wildman–Crippen MR) is 101 cm³/mol. The molecule has 2 N–H and O–H groups in total. The highest BCUT2D eigenvalue weighted by molar-refractivity contribution is 7.99. The van der Waals surface area contributed by atoms with Crippen LogP contribution in [0.2, 0.25) is 0 Å². The molecule has 0 bridgehead atoms. The number of aryl methyl sites for hydroxylation is 1. The molecule has 2 aromatic heterocycles. The van der Waals surface area contributed by atoms with Crippen LogP contribution in [0.15, 0.2) is 53.9 Å². The molecule has 3 aromatic rings. The Morgan fingerprint density at radius 3 is 2.96 bits per heavy atom. The van der Waals surface area contributed by atoms with Crippen molar-refractivity contribution in [1.82, 2.24) is 25.5 Å². The maximum atomic E-state index is 12.4. The number of amides is 1. The van der Waals surface area contributed by atoms with Gasteiger partial charge in [-0.25, -0.2) is 4.98 Å². The number of rotatable bonds is 5. The molecule has 0 fully saturated rings. The smallest absolute Gasteiger partial charge is 0.230 e. The molecule has 0 saturated heterocycles. The molecular formula is C19H19N5OS. The minimum Gasteiger partial charge on any atom is -0.349 e. The Bertz CT molecular complexity index is 896. The van der Waals surface area contributed by atoms with Gasteiger partial charge < -0.3 is 5.32 Å². The molecule has 6 nitrogen and oxygen atoms in total. The summed E-state index contributed by atoms with van der Waals surface area (Å²) in [5, 5.41) is 10.8. The Kier molecular flexibility index (Phi) is 4.97. The van der Waals surface area contributed by atoms with Crippen molar-refractivity contribution in [1.29, 1.82) is 0 Å². The highest BCUT2D eigenvalue weighted by atomic mass is 32.2. The Labute approximate surface area is 155 Å². The van der Waals surface area contributed by atoms with E-state index in [0.717, 1.165) is 24.8 Å². The van der Waals surface area contributed by atoms with E-state index in [4.69, 9.17) is 0 Å². The molecule has 1 aromatic carbocycles. The van der Waals surface area contributed by atoms with Gasteiger partial charge in [0, 0.05) is 18.0 Å². The zero-order chi connectivity index (χ0) is 17.8. The van der Waals surface area contributed by atoms with Crippen molar-refractivity contribution < 1.29 is 4.79 Å². The van der Waals surface area contributed by atoms with Crippen LogP contribution >= 0.6 is 11.8 Å². The lowest BCUT2D eigenvalue weighted by molar-refractivity contribution is -0.119. The second-order valence-electron chi connectivity index (χ2n) is 6.20. The van der Waals surface area contributed by atoms with Gasteiger partial charge in [0.05, 0.1) is 11.8 Å². The first-order chi connectivity index (χ1) is 12.8. The topological polar surface area (TPSA) is 83.6 Å². The summed E-state index contributed by atoms with van der Waals surface area (Å²) >= 11 is 1.33. The van der Waals surface area contributed by atoms with Crippen LogP contribution in [-0.4, -0.2) is 31.8 Å². The summed E-state index contributed by atoms with van der Waals surface area (Å²) < 4.78 is 0. The van der Waals surface area contributed by atoms with Gasteiger partial charge in [-0.2, -0.15) is 0 Å². The van der Waals surface area contributed by atoms with Crippen LogP contribution in [0, 0.1) is 0 Å². The minimum atomic E-state index is 0.00645. The van der Waals surface area contributed by atoms with Crippen molar-refractivity contribution >= 4 is 17.7 Å². The molecule has 1 aliphatic carbocycles. The summed E-state index contributed by atoms with van der Waals surface area (Å²) in [6.45, 7) is 0. The molecule has 4 rings (SSSR count). The zero-order valence-electron chi connectivity index (χ0n) is 14.2. The minimum absolute atomic E-state index is 0.00645. The van der Waals surface area contributed by atoms with Crippen molar-refractivity contribution in [3.05, 3.63) is 59.9 Å². The molecular weight excluding hydrogens is 346 g/mol. The van der Waals surface area contributed by atoms with Gasteiger partial charge in [0.2, 0.25) is 11.1 Å². The summed E-state index contributed by atoms with van der Waals surface area (Å²) in [4.78, 5) is 20.8. The number of hydrogen-bond acceptors (Lipinski definition) is 5. The quantitative estimate of drug-likeness (QED) is 0.679. The molecule has 132 valence electrons. The third kappa shape index (κ3) is 3.77. The maximum absolute atomic E-state index is 12.4. The van der Waals surface area contributed by atoms with E-state index in [-0.39, 0.29) is 11.9 Å². The van der Waals surface area contributed by atoms with Crippen LogP contribution in [0.1, 0.15) is 30.0 Å². The Hall–Kier alpha value is -2.67. The van der Waals surface area contributed by atoms with Gasteiger partial charge in [-0.1, -0.05) is 36.0 Å². The van der Waals surface area contributed by atoms with E-state index < -0.39 is 0 Å². The van der Waals surface area contributed by atoms with E-state index in [9.17, 15) is 4.79 Å². The van der Waals surface area contributed by atoms with E-state index in [1.54, 1.807) is 12.4 Å². The van der Waals surface area contributed by atoms with Crippen molar-refractivity contribution in [2.45, 2.75) is 30.5 Å². The highest BCUT2D eigenvalue weighted by Gasteiger charge is 2.21. The summed E-state index contributed by atoms with van der Waals surface area (Å²) in [6.07, 6.45) is 6.60. The second-order valence-corrected chi connectivity index (χ2v) is 7.14. The number of benzene rings is 1. The SMILES string of the molecule is O=C(CSc1n[nH]c(-c2ccncc2)n1)NC1CCCc2ccccc21. The fraction of sp³-hybridized carbons (Fsp3) is 0.263. The lowest BCUT2D eigenvalue weighted by atomic mass is 9.88. The molecule has 26 heavy (non-hydrogen) atoms. The predicted octanol–water partition coefficient (Wildman–Crippen LogP) is 3.15. The Balaban J connectivity index is 1.35. The van der Waals surface area contributed by atoms with Crippen LogP contribution in [0.4, 0.5) is 0 Å². The van der Waals surface area contributed by atoms with Gasteiger partial charge in [0.1, 0.15) is 0 Å². The first kappa shape index (κ1) is 16.8. The monoisotopic (exact) mass is 365 g/mol. The number of nitrogens with one attached hydrogen (secondary N) is 2. The van der Waals surface area contributed by atoms with E-state index in [2.05, 4.69) is 43.7 Å². The maximum Gasteiger partial charge on any atom is 0.230 e. The van der Waals surface area contributed by atoms with Gasteiger partial charge in [-0.3, -0.25) is 14.9 Å². The van der Waals surface area contributed by atoms with Crippen LogP contribution < -0.4 is 5.32 Å². The average Bonchev–Trinajstić information content (AvgIpc) is 3.17. The van der Waals surface area contributed by atoms with Crippen LogP contribution in [0.5, 0.6) is 0 Å². The van der Waals surface area contributed by atoms with Gasteiger partial charge in [0.25, 0.3) is 0 Å². The molecule has 1 atom stereocenters. The number of thioether (sulfide) groups is 1. The summed E-state index contributed by atoms with van der Waals surface area (Å²) in [7, 11) is 0. The molecule has 7 heteroatoms. The van der Waals surface area contributed by atoms with E-state index in [0.29, 0.717) is 16.7 Å². The highest BCUT2D eigenvalue weighted by Crippen LogP contribution is 2.29. The number of nitrogens with zero attached hydrogens (tertiary/aromatic N) is 3. The number of carbonyl (C=O) groups excluding carboxylic acids is 1. The summed E-state index contributed by atoms with van der Waals surface area (Å²) in [5.74, 6) is 0.982. The van der Waals surface area contributed by atoms with Crippen LogP contribution in [0.25, 0.3) is 11.4 Å². The van der Waals surface area contributed by atoms with Crippen molar-refractivity contribution in [3.63, 3.8) is 0 Å². The van der Waals surface area contributed by atoms with Crippen LogP contribution in [-0.2, 0) is 11.2 Å². The third-order valence-electron chi connectivity index (χ3n) is 4.46. The van der Waals surface area contributed by atoms with Crippen molar-refractivity contribution in [2.75, 3.05) is 5.75 Å². The van der Waals surface area contributed by atoms with Crippen molar-refractivity contribution in [3.8, 4) is 11.4 Å². The Morgan fingerprint density at radius 2 is 2.08 bits per heavy atom. The molecule has 1 amide bonds. The largest absolute Gasteiger partial charge is 0.349 e. The van der Waals surface area contributed by atoms with Crippen LogP contribution in [0.3, 0.4) is 0 Å². The van der Waals surface area contributed by atoms with Gasteiger partial charge in [-0.05, 0) is 42.5 Å². The van der Waals surface area contributed by atoms with Gasteiger partial charge in [0.15, 0.2) is 5.82 Å². The fourth-order valence-corrected chi connectivity index (χ4v) is 3.83. The summed E-state index contributed by atoms with van der Waals surface area (Å²) in [6, 6.07) is 12.2. The van der Waals surface area contributed by atoms with Gasteiger partial charge >= 0.3 is 0 Å². The lowest BCUT2D eigenvalue weighted by Crippen LogP contribution is -2.32. The standard InChI is InChI=1S/C19H19N5OS/c25-17(21-16-7-3-5-13-4-1-2-6-15(13)16)12-26-19-22-18(23-24-19)14-8-10-20-11-9-14/h1-2,4,6,8-11,16H,3,5,7,12H2,(H,21,25)(H,22,23,24). The normalized spacial score (nSPS) is 16.1. The Morgan fingerprint density at radius 1 is 1.23 bits per heavy atom. The molecule has 1 unspecified atom stereocenters. The number of fused-ring (bicyclic) bond motifs is 1. The summed E-state index contributed by atoms with van der Waals surface area (Å²) in [5.41, 5.74) is 3.50. The van der Waals surface area contributed by atoms with E-state index in [1.807, 2.05) is 18.2 Å². The molecule has 1 aliphatic rings. The molecule has 2 heterocycles. The third-order valence-corrected chi connectivity index (χ3v) is 5.30. The van der Waals surface area contributed by atoms with Gasteiger partial charge in [-0.15, -0.1) is 5.10 Å². The molecule has 0 saturated carbocycles. The van der Waals surface area contributed by atoms with Crippen molar-refractivity contribution in [2.24, 2.45) is 0 Å². The fourth-order valence-electron chi connectivity index (χ4n) is 3.22. The number of H-pyrrole nitrogens is 1. The lowest BCUT2D eigenvalue weighted by Gasteiger charge is -2.26. The molecule has 0 radical (unpaired) electrons. The second kappa shape index (κ2) is 7.70. The average molecular weight is 365 g/mol.